The summed E-state index contributed by atoms with van der Waals surface area (Å²) in [5.74, 6) is -0.760. The van der Waals surface area contributed by atoms with Gasteiger partial charge in [-0.05, 0) is 36.3 Å². The number of rotatable bonds is 7. The number of hydrogen-bond acceptors (Lipinski definition) is 8. The molecular formula is C19H19NO8S. The highest BCUT2D eigenvalue weighted by atomic mass is 32.2. The first-order chi connectivity index (χ1) is 13.5. The minimum atomic E-state index is -4.15. The average molecular weight is 421 g/mol. The molecule has 0 amide bonds. The SMILES string of the molecule is CC1(C)C(=Cc2c(O)c(=O)c2=O)N(CCCS(=O)(=O)O)c2ccc(OC=O)cc21. The zero-order valence-corrected chi connectivity index (χ0v) is 16.5. The van der Waals surface area contributed by atoms with Crippen LogP contribution < -0.4 is 20.5 Å². The Kier molecular flexibility index (Phi) is 5.10. The number of allylic oxidation sites excluding steroid dienone is 1. The third kappa shape index (κ3) is 3.68. The van der Waals surface area contributed by atoms with Gasteiger partial charge < -0.3 is 14.7 Å². The van der Waals surface area contributed by atoms with Gasteiger partial charge in [0.1, 0.15) is 5.75 Å². The second-order valence-electron chi connectivity index (χ2n) is 7.26. The van der Waals surface area contributed by atoms with E-state index in [9.17, 15) is 27.9 Å². The molecule has 2 aromatic carbocycles. The molecule has 1 aliphatic rings. The molecule has 0 aromatic heterocycles. The quantitative estimate of drug-likeness (QED) is 0.380. The van der Waals surface area contributed by atoms with Gasteiger partial charge in [0.2, 0.25) is 5.43 Å². The number of benzene rings is 1. The normalized spacial score (nSPS) is 16.9. The minimum absolute atomic E-state index is 0.0934. The zero-order chi connectivity index (χ0) is 21.6. The van der Waals surface area contributed by atoms with Crippen LogP contribution in [0, 0.1) is 0 Å². The topological polar surface area (TPSA) is 138 Å². The van der Waals surface area contributed by atoms with Crippen molar-refractivity contribution in [2.45, 2.75) is 25.7 Å². The number of fused-ring (bicyclic) bond motifs is 1. The molecule has 0 radical (unpaired) electrons. The van der Waals surface area contributed by atoms with E-state index in [2.05, 4.69) is 0 Å². The highest BCUT2D eigenvalue weighted by Crippen LogP contribution is 2.49. The van der Waals surface area contributed by atoms with Gasteiger partial charge in [-0.25, -0.2) is 0 Å². The molecule has 0 unspecified atom stereocenters. The summed E-state index contributed by atoms with van der Waals surface area (Å²) in [6.45, 7) is 4.17. The highest BCUT2D eigenvalue weighted by molar-refractivity contribution is 7.85. The lowest BCUT2D eigenvalue weighted by molar-refractivity contribution is -0.120. The minimum Gasteiger partial charge on any atom is -0.504 e. The molecule has 0 fully saturated rings. The molecule has 3 rings (SSSR count). The first-order valence-electron chi connectivity index (χ1n) is 8.69. The fraction of sp³-hybridized carbons (Fsp3) is 0.316. The highest BCUT2D eigenvalue weighted by Gasteiger charge is 2.41. The van der Waals surface area contributed by atoms with Crippen LogP contribution in [0.2, 0.25) is 0 Å². The first-order valence-corrected chi connectivity index (χ1v) is 10.3. The molecular weight excluding hydrogens is 402 g/mol. The Morgan fingerprint density at radius 1 is 1.21 bits per heavy atom. The van der Waals surface area contributed by atoms with E-state index in [1.165, 1.54) is 6.08 Å². The Bertz CT molecular complexity index is 1190. The zero-order valence-electron chi connectivity index (χ0n) is 15.7. The van der Waals surface area contributed by atoms with Gasteiger partial charge in [0.25, 0.3) is 22.0 Å². The largest absolute Gasteiger partial charge is 0.504 e. The smallest absolute Gasteiger partial charge is 0.298 e. The Morgan fingerprint density at radius 2 is 1.90 bits per heavy atom. The molecule has 10 heteroatoms. The van der Waals surface area contributed by atoms with E-state index in [0.717, 1.165) is 5.56 Å². The van der Waals surface area contributed by atoms with Gasteiger partial charge in [-0.2, -0.15) is 8.42 Å². The number of carbonyl (C=O) groups is 1. The summed E-state index contributed by atoms with van der Waals surface area (Å²) < 4.78 is 36.1. The van der Waals surface area contributed by atoms with Crippen LogP contribution in [0.5, 0.6) is 11.5 Å². The van der Waals surface area contributed by atoms with Crippen LogP contribution in [0.25, 0.3) is 6.08 Å². The van der Waals surface area contributed by atoms with Crippen molar-refractivity contribution in [2.24, 2.45) is 0 Å². The molecule has 0 aliphatic carbocycles. The molecule has 1 aliphatic heterocycles. The van der Waals surface area contributed by atoms with Crippen LogP contribution >= 0.6 is 0 Å². The van der Waals surface area contributed by atoms with E-state index < -0.39 is 37.9 Å². The van der Waals surface area contributed by atoms with Crippen molar-refractivity contribution in [3.63, 3.8) is 0 Å². The number of anilines is 1. The van der Waals surface area contributed by atoms with Gasteiger partial charge in [0, 0.05) is 23.3 Å². The Hall–Kier alpha value is -2.98. The molecule has 0 saturated heterocycles. The molecule has 154 valence electrons. The van der Waals surface area contributed by atoms with Crippen molar-refractivity contribution in [3.05, 3.63) is 55.5 Å². The van der Waals surface area contributed by atoms with Crippen LogP contribution in [0.1, 0.15) is 31.4 Å². The fourth-order valence-corrected chi connectivity index (χ4v) is 4.05. The second kappa shape index (κ2) is 7.12. The monoisotopic (exact) mass is 421 g/mol. The van der Waals surface area contributed by atoms with E-state index in [1.54, 1.807) is 23.1 Å². The van der Waals surface area contributed by atoms with Crippen LogP contribution in [-0.2, 0) is 20.3 Å². The van der Waals surface area contributed by atoms with Crippen molar-refractivity contribution < 1.29 is 27.6 Å². The van der Waals surface area contributed by atoms with Crippen molar-refractivity contribution in [3.8, 4) is 11.5 Å². The lowest BCUT2D eigenvalue weighted by Crippen LogP contribution is -2.34. The molecule has 1 heterocycles. The molecule has 2 aromatic rings. The lowest BCUT2D eigenvalue weighted by Gasteiger charge is -2.27. The maximum atomic E-state index is 11.8. The third-order valence-corrected chi connectivity index (χ3v) is 5.84. The summed E-state index contributed by atoms with van der Waals surface area (Å²) in [4.78, 5) is 35.6. The molecule has 0 spiro atoms. The van der Waals surface area contributed by atoms with E-state index in [0.29, 0.717) is 23.6 Å². The summed E-state index contributed by atoms with van der Waals surface area (Å²) in [6.07, 6.45) is 1.50. The van der Waals surface area contributed by atoms with Gasteiger partial charge >= 0.3 is 0 Å². The summed E-state index contributed by atoms with van der Waals surface area (Å²) in [5.41, 5.74) is -0.610. The van der Waals surface area contributed by atoms with Crippen LogP contribution in [0.15, 0.2) is 33.5 Å². The maximum absolute atomic E-state index is 11.8. The molecule has 9 nitrogen and oxygen atoms in total. The Morgan fingerprint density at radius 3 is 2.48 bits per heavy atom. The summed E-state index contributed by atoms with van der Waals surface area (Å²) in [6, 6.07) is 4.91. The molecule has 0 saturated carbocycles. The third-order valence-electron chi connectivity index (χ3n) is 5.03. The van der Waals surface area contributed by atoms with Gasteiger partial charge in [-0.3, -0.25) is 18.9 Å². The van der Waals surface area contributed by atoms with Gasteiger partial charge in [0.05, 0.1) is 11.3 Å². The average Bonchev–Trinajstić information content (AvgIpc) is 2.85. The van der Waals surface area contributed by atoms with Crippen molar-refractivity contribution in [1.82, 2.24) is 0 Å². The van der Waals surface area contributed by atoms with E-state index in [1.807, 2.05) is 13.8 Å². The van der Waals surface area contributed by atoms with Crippen molar-refractivity contribution in [2.75, 3.05) is 17.2 Å². The van der Waals surface area contributed by atoms with Gasteiger partial charge in [-0.15, -0.1) is 0 Å². The Balaban J connectivity index is 2.09. The van der Waals surface area contributed by atoms with E-state index in [4.69, 9.17) is 9.29 Å². The molecule has 0 bridgehead atoms. The Labute approximate surface area is 166 Å². The number of hydrogen-bond donors (Lipinski definition) is 2. The summed E-state index contributed by atoms with van der Waals surface area (Å²) in [5, 5.41) is 9.75. The van der Waals surface area contributed by atoms with E-state index in [-0.39, 0.29) is 18.5 Å². The van der Waals surface area contributed by atoms with Gasteiger partial charge in [-0.1, -0.05) is 13.8 Å². The van der Waals surface area contributed by atoms with Crippen LogP contribution in [0.3, 0.4) is 0 Å². The molecule has 2 N–H and O–H groups in total. The number of ether oxygens (including phenoxy) is 1. The summed E-state index contributed by atoms with van der Waals surface area (Å²) in [7, 11) is -4.15. The number of carbonyl (C=O) groups excluding carboxylic acids is 1. The fourth-order valence-electron chi connectivity index (χ4n) is 3.56. The molecule has 29 heavy (non-hydrogen) atoms. The predicted octanol–water partition coefficient (Wildman–Crippen LogP) is 0.940. The first kappa shape index (κ1) is 20.7. The number of aromatic hydroxyl groups is 1. The molecule has 0 atom stereocenters. The number of nitrogens with zero attached hydrogens (tertiary/aromatic N) is 1. The second-order valence-corrected chi connectivity index (χ2v) is 8.83. The summed E-state index contributed by atoms with van der Waals surface area (Å²) >= 11 is 0. The van der Waals surface area contributed by atoms with Crippen LogP contribution in [0.4, 0.5) is 5.69 Å². The van der Waals surface area contributed by atoms with E-state index >= 15 is 0 Å². The van der Waals surface area contributed by atoms with Crippen LogP contribution in [-0.4, -0.2) is 36.8 Å². The van der Waals surface area contributed by atoms with Gasteiger partial charge in [0.15, 0.2) is 5.75 Å². The van der Waals surface area contributed by atoms with Crippen molar-refractivity contribution >= 4 is 28.4 Å². The predicted molar refractivity (Wildman–Crippen MR) is 106 cm³/mol. The standard InChI is InChI=1S/C19H19NO8S/c1-19(2)13-8-11(28-10-21)4-5-14(13)20(6-3-7-29(25,26)27)15(19)9-12-16(22)18(24)17(12)23/h4-5,8-10,22H,3,6-7H2,1-2H3,(H,25,26,27). The van der Waals surface area contributed by atoms with Crippen molar-refractivity contribution in [1.29, 1.82) is 0 Å². The lowest BCUT2D eigenvalue weighted by atomic mass is 9.83. The maximum Gasteiger partial charge on any atom is 0.298 e.